The number of carbonyl (C=O) groups excluding carboxylic acids is 1. The van der Waals surface area contributed by atoms with Gasteiger partial charge in [0.15, 0.2) is 0 Å². The lowest BCUT2D eigenvalue weighted by Crippen LogP contribution is -2.24. The zero-order valence-electron chi connectivity index (χ0n) is 16.2. The number of sulfonamides is 1. The van der Waals surface area contributed by atoms with Crippen molar-refractivity contribution in [2.24, 2.45) is 0 Å². The molecular weight excluding hydrogens is 414 g/mol. The minimum atomic E-state index is -3.85. The van der Waals surface area contributed by atoms with Gasteiger partial charge in [-0.05, 0) is 42.0 Å². The molecule has 0 spiro atoms. The number of anilines is 1. The van der Waals surface area contributed by atoms with E-state index in [0.717, 1.165) is 11.0 Å². The van der Waals surface area contributed by atoms with Gasteiger partial charge >= 0.3 is 0 Å². The van der Waals surface area contributed by atoms with E-state index in [1.54, 1.807) is 36.4 Å². The number of imidazole rings is 1. The molecule has 9 heteroatoms. The van der Waals surface area contributed by atoms with E-state index in [9.17, 15) is 13.2 Å². The van der Waals surface area contributed by atoms with Crippen molar-refractivity contribution < 1.29 is 13.2 Å². The Labute approximate surface area is 178 Å². The molecule has 31 heavy (non-hydrogen) atoms. The maximum Gasteiger partial charge on any atom is 0.257 e. The first-order valence-electron chi connectivity index (χ1n) is 9.30. The third-order valence-corrected chi connectivity index (χ3v) is 6.06. The van der Waals surface area contributed by atoms with Crippen LogP contribution in [-0.4, -0.2) is 24.3 Å². The van der Waals surface area contributed by atoms with E-state index in [2.05, 4.69) is 20.0 Å². The van der Waals surface area contributed by atoms with Crippen LogP contribution in [0.2, 0.25) is 0 Å². The van der Waals surface area contributed by atoms with Crippen LogP contribution in [0.4, 0.5) is 5.95 Å². The number of carbonyl (C=O) groups is 1. The van der Waals surface area contributed by atoms with Crippen molar-refractivity contribution >= 4 is 32.9 Å². The van der Waals surface area contributed by atoms with E-state index in [1.807, 2.05) is 30.3 Å². The first-order valence-corrected chi connectivity index (χ1v) is 10.8. The van der Waals surface area contributed by atoms with Gasteiger partial charge in [0.2, 0.25) is 16.0 Å². The number of fused-ring (bicyclic) bond motifs is 1. The van der Waals surface area contributed by atoms with Crippen molar-refractivity contribution in [1.29, 1.82) is 5.26 Å². The molecule has 3 N–H and O–H groups in total. The quantitative estimate of drug-likeness (QED) is 0.432. The second-order valence-electron chi connectivity index (χ2n) is 6.69. The number of hydrogen-bond donors (Lipinski definition) is 3. The summed E-state index contributed by atoms with van der Waals surface area (Å²) in [6, 6.07) is 21.8. The number of nitriles is 1. The average Bonchev–Trinajstić information content (AvgIpc) is 3.20. The van der Waals surface area contributed by atoms with Crippen LogP contribution in [0.25, 0.3) is 11.0 Å². The number of H-pyrrole nitrogens is 1. The number of aromatic nitrogens is 2. The smallest absolute Gasteiger partial charge is 0.257 e. The molecule has 1 aromatic heterocycles. The van der Waals surface area contributed by atoms with Crippen molar-refractivity contribution in [2.75, 3.05) is 5.32 Å². The number of para-hydroxylation sites is 2. The van der Waals surface area contributed by atoms with Crippen molar-refractivity contribution in [3.05, 3.63) is 89.5 Å². The molecule has 0 saturated carbocycles. The molecule has 0 aliphatic heterocycles. The Bertz CT molecular complexity index is 1370. The van der Waals surface area contributed by atoms with E-state index in [4.69, 9.17) is 5.26 Å². The van der Waals surface area contributed by atoms with Crippen molar-refractivity contribution in [2.45, 2.75) is 11.4 Å². The predicted octanol–water partition coefficient (Wildman–Crippen LogP) is 3.17. The molecule has 0 radical (unpaired) electrons. The van der Waals surface area contributed by atoms with Gasteiger partial charge in [-0.25, -0.2) is 18.1 Å². The third kappa shape index (κ3) is 4.45. The maximum absolute atomic E-state index is 12.5. The number of rotatable bonds is 6. The highest BCUT2D eigenvalue weighted by atomic mass is 32.2. The number of benzene rings is 3. The number of nitrogens with one attached hydrogen (secondary N) is 3. The van der Waals surface area contributed by atoms with E-state index in [0.29, 0.717) is 17.1 Å². The van der Waals surface area contributed by atoms with E-state index < -0.39 is 10.0 Å². The lowest BCUT2D eigenvalue weighted by molar-refractivity contribution is 0.102. The van der Waals surface area contributed by atoms with Crippen LogP contribution in [0.1, 0.15) is 21.5 Å². The largest absolute Gasteiger partial charge is 0.324 e. The van der Waals surface area contributed by atoms with Gasteiger partial charge in [0, 0.05) is 12.1 Å². The summed E-state index contributed by atoms with van der Waals surface area (Å²) in [5.41, 5.74) is 2.71. The second-order valence-corrected chi connectivity index (χ2v) is 8.42. The number of amides is 1. The monoisotopic (exact) mass is 431 g/mol. The topological polar surface area (TPSA) is 128 Å². The Morgan fingerprint density at radius 3 is 2.45 bits per heavy atom. The van der Waals surface area contributed by atoms with Gasteiger partial charge in [-0.15, -0.1) is 0 Å². The minimum absolute atomic E-state index is 0.0214. The van der Waals surface area contributed by atoms with Crippen molar-refractivity contribution in [3.63, 3.8) is 0 Å². The summed E-state index contributed by atoms with van der Waals surface area (Å²) in [5.74, 6) is 0.00771. The highest BCUT2D eigenvalue weighted by Crippen LogP contribution is 2.16. The van der Waals surface area contributed by atoms with Gasteiger partial charge < -0.3 is 4.98 Å². The minimum Gasteiger partial charge on any atom is -0.324 e. The van der Waals surface area contributed by atoms with Crippen LogP contribution in [0.3, 0.4) is 0 Å². The van der Waals surface area contributed by atoms with Gasteiger partial charge in [-0.3, -0.25) is 10.1 Å². The van der Waals surface area contributed by atoms with Crippen molar-refractivity contribution in [3.8, 4) is 6.07 Å². The highest BCUT2D eigenvalue weighted by Gasteiger charge is 2.18. The average molecular weight is 431 g/mol. The molecule has 0 aliphatic carbocycles. The molecule has 1 heterocycles. The zero-order chi connectivity index (χ0) is 21.8. The second kappa shape index (κ2) is 8.39. The Morgan fingerprint density at radius 1 is 1.00 bits per heavy atom. The summed E-state index contributed by atoms with van der Waals surface area (Å²) in [6.07, 6.45) is 0. The molecule has 0 unspecified atom stereocenters. The number of aromatic amines is 1. The highest BCUT2D eigenvalue weighted by molar-refractivity contribution is 7.89. The van der Waals surface area contributed by atoms with E-state index in [-0.39, 0.29) is 22.9 Å². The summed E-state index contributed by atoms with van der Waals surface area (Å²) in [5, 5.41) is 11.8. The van der Waals surface area contributed by atoms with Crippen LogP contribution < -0.4 is 10.0 Å². The van der Waals surface area contributed by atoms with Crippen molar-refractivity contribution in [1.82, 2.24) is 14.7 Å². The third-order valence-electron chi connectivity index (χ3n) is 4.60. The first-order chi connectivity index (χ1) is 15.0. The van der Waals surface area contributed by atoms with E-state index in [1.165, 1.54) is 12.1 Å². The Morgan fingerprint density at radius 2 is 1.71 bits per heavy atom. The molecule has 1 amide bonds. The summed E-state index contributed by atoms with van der Waals surface area (Å²) < 4.78 is 27.5. The Kier molecular flexibility index (Phi) is 5.49. The van der Waals surface area contributed by atoms with Gasteiger partial charge in [0.25, 0.3) is 5.91 Å². The fourth-order valence-corrected chi connectivity index (χ4v) is 4.19. The standard InChI is InChI=1S/C22H17N5O3S/c23-13-17-5-1-4-8-20(17)31(29,30)24-14-15-9-11-16(12-10-15)21(28)27-22-25-18-6-2-3-7-19(18)26-22/h1-12,24H,14H2,(H2,25,26,27,28). The molecule has 0 bridgehead atoms. The van der Waals surface area contributed by atoms with Crippen LogP contribution in [0.15, 0.2) is 77.7 Å². The number of nitrogens with zero attached hydrogens (tertiary/aromatic N) is 2. The lowest BCUT2D eigenvalue weighted by atomic mass is 10.1. The lowest BCUT2D eigenvalue weighted by Gasteiger charge is -2.09. The van der Waals surface area contributed by atoms with Crippen LogP contribution in [0, 0.1) is 11.3 Å². The SMILES string of the molecule is N#Cc1ccccc1S(=O)(=O)NCc1ccc(C(=O)Nc2nc3ccccc3[nH]2)cc1. The van der Waals surface area contributed by atoms with Gasteiger partial charge in [0.1, 0.15) is 6.07 Å². The molecule has 0 aliphatic rings. The van der Waals surface area contributed by atoms with Gasteiger partial charge in [-0.1, -0.05) is 36.4 Å². The molecular formula is C22H17N5O3S. The molecule has 4 rings (SSSR count). The summed E-state index contributed by atoms with van der Waals surface area (Å²) >= 11 is 0. The van der Waals surface area contributed by atoms with Gasteiger partial charge in [-0.2, -0.15) is 5.26 Å². The molecule has 0 saturated heterocycles. The van der Waals surface area contributed by atoms with Gasteiger partial charge in [0.05, 0.1) is 21.5 Å². The Balaban J connectivity index is 1.42. The van der Waals surface area contributed by atoms with E-state index >= 15 is 0 Å². The maximum atomic E-state index is 12.5. The first kappa shape index (κ1) is 20.3. The van der Waals surface area contributed by atoms with Crippen LogP contribution in [-0.2, 0) is 16.6 Å². The summed E-state index contributed by atoms with van der Waals surface area (Å²) in [7, 11) is -3.85. The number of hydrogen-bond acceptors (Lipinski definition) is 5. The predicted molar refractivity (Wildman–Crippen MR) is 116 cm³/mol. The fraction of sp³-hybridized carbons (Fsp3) is 0.0455. The summed E-state index contributed by atoms with van der Waals surface area (Å²) in [6.45, 7) is 0.0214. The molecule has 4 aromatic rings. The van der Waals surface area contributed by atoms with Crippen LogP contribution in [0.5, 0.6) is 0 Å². The molecule has 8 nitrogen and oxygen atoms in total. The fourth-order valence-electron chi connectivity index (χ4n) is 3.02. The molecule has 0 fully saturated rings. The molecule has 154 valence electrons. The zero-order valence-corrected chi connectivity index (χ0v) is 17.0. The molecule has 0 atom stereocenters. The summed E-state index contributed by atoms with van der Waals surface area (Å²) in [4.78, 5) is 19.7. The van der Waals surface area contributed by atoms with Crippen LogP contribution >= 0.6 is 0 Å². The molecule has 3 aromatic carbocycles. The normalized spacial score (nSPS) is 11.2. The Hall–Kier alpha value is -4.00.